The highest BCUT2D eigenvalue weighted by Gasteiger charge is 2.14. The maximum Gasteiger partial charge on any atom is 0.251 e. The van der Waals surface area contributed by atoms with E-state index in [0.717, 1.165) is 27.9 Å². The summed E-state index contributed by atoms with van der Waals surface area (Å²) in [4.78, 5) is 15.5. The van der Waals surface area contributed by atoms with Gasteiger partial charge in [-0.3, -0.25) is 4.79 Å². The molecule has 25 heavy (non-hydrogen) atoms. The highest BCUT2D eigenvalue weighted by molar-refractivity contribution is 6.31. The summed E-state index contributed by atoms with van der Waals surface area (Å²) in [7, 11) is 0. The first-order valence-corrected chi connectivity index (χ1v) is 8.86. The Bertz CT molecular complexity index is 888. The Kier molecular flexibility index (Phi) is 4.87. The average Bonchev–Trinajstić information content (AvgIpc) is 2.96. The molecule has 0 fully saturated rings. The van der Waals surface area contributed by atoms with Crippen molar-refractivity contribution in [2.24, 2.45) is 0 Å². The van der Waals surface area contributed by atoms with Crippen LogP contribution >= 0.6 is 11.6 Å². The number of halogens is 1. The lowest BCUT2D eigenvalue weighted by atomic mass is 9.87. The van der Waals surface area contributed by atoms with E-state index in [0.29, 0.717) is 12.1 Å². The van der Waals surface area contributed by atoms with Gasteiger partial charge in [-0.2, -0.15) is 0 Å². The molecule has 0 saturated carbocycles. The first-order chi connectivity index (χ1) is 11.8. The summed E-state index contributed by atoms with van der Waals surface area (Å²) in [5, 5.41) is 4.82. The maximum absolute atomic E-state index is 12.3. The van der Waals surface area contributed by atoms with Gasteiger partial charge in [0.2, 0.25) is 0 Å². The Morgan fingerprint density at radius 3 is 2.52 bits per heavy atom. The Hall–Kier alpha value is -2.26. The molecule has 4 heteroatoms. The molecule has 130 valence electrons. The SMILES string of the molecule is CC(C)(C)c1ccc(C(=O)NCCc2c[nH]c3ccc(Cl)cc23)cc1. The minimum Gasteiger partial charge on any atom is -0.361 e. The smallest absolute Gasteiger partial charge is 0.251 e. The third-order valence-electron chi connectivity index (χ3n) is 4.42. The summed E-state index contributed by atoms with van der Waals surface area (Å²) in [6.45, 7) is 7.07. The van der Waals surface area contributed by atoms with Gasteiger partial charge in [-0.15, -0.1) is 0 Å². The van der Waals surface area contributed by atoms with E-state index >= 15 is 0 Å². The summed E-state index contributed by atoms with van der Waals surface area (Å²) in [5.74, 6) is -0.0432. The second-order valence-corrected chi connectivity index (χ2v) is 7.77. The Morgan fingerprint density at radius 1 is 1.12 bits per heavy atom. The zero-order chi connectivity index (χ0) is 18.0. The van der Waals surface area contributed by atoms with Crippen LogP contribution in [-0.4, -0.2) is 17.4 Å². The molecule has 0 aliphatic heterocycles. The van der Waals surface area contributed by atoms with Crippen molar-refractivity contribution < 1.29 is 4.79 Å². The quantitative estimate of drug-likeness (QED) is 0.673. The van der Waals surface area contributed by atoms with Gasteiger partial charge >= 0.3 is 0 Å². The van der Waals surface area contributed by atoms with Crippen molar-refractivity contribution in [3.8, 4) is 0 Å². The average molecular weight is 355 g/mol. The van der Waals surface area contributed by atoms with E-state index < -0.39 is 0 Å². The van der Waals surface area contributed by atoms with Crippen molar-refractivity contribution in [1.29, 1.82) is 0 Å². The molecule has 2 aromatic carbocycles. The minimum atomic E-state index is -0.0432. The first kappa shape index (κ1) is 17.6. The number of aromatic amines is 1. The molecule has 3 aromatic rings. The predicted molar refractivity (Wildman–Crippen MR) is 104 cm³/mol. The molecule has 0 bridgehead atoms. The van der Waals surface area contributed by atoms with Gasteiger partial charge in [-0.25, -0.2) is 0 Å². The van der Waals surface area contributed by atoms with Crippen LogP contribution in [0.4, 0.5) is 0 Å². The van der Waals surface area contributed by atoms with Crippen LogP contribution in [0.5, 0.6) is 0 Å². The van der Waals surface area contributed by atoms with E-state index in [2.05, 4.69) is 31.1 Å². The van der Waals surface area contributed by atoms with Crippen LogP contribution in [0.25, 0.3) is 10.9 Å². The number of amides is 1. The monoisotopic (exact) mass is 354 g/mol. The number of carbonyl (C=O) groups excluding carboxylic acids is 1. The topological polar surface area (TPSA) is 44.9 Å². The van der Waals surface area contributed by atoms with Crippen molar-refractivity contribution in [3.63, 3.8) is 0 Å². The fourth-order valence-electron chi connectivity index (χ4n) is 2.89. The number of carbonyl (C=O) groups is 1. The normalized spacial score (nSPS) is 11.7. The Balaban J connectivity index is 1.61. The van der Waals surface area contributed by atoms with Gasteiger partial charge in [-0.05, 0) is 53.3 Å². The molecule has 0 aliphatic carbocycles. The van der Waals surface area contributed by atoms with Crippen LogP contribution in [0.1, 0.15) is 42.3 Å². The fourth-order valence-corrected chi connectivity index (χ4v) is 3.06. The molecule has 3 nitrogen and oxygen atoms in total. The van der Waals surface area contributed by atoms with E-state index in [4.69, 9.17) is 11.6 Å². The standard InChI is InChI=1S/C21H23ClN2O/c1-21(2,3)16-6-4-14(5-7-16)20(25)23-11-10-15-13-24-19-9-8-17(22)12-18(15)19/h4-9,12-13,24H,10-11H2,1-3H3,(H,23,25). The molecule has 1 amide bonds. The number of benzene rings is 2. The number of rotatable bonds is 4. The van der Waals surface area contributed by atoms with Gasteiger partial charge in [0, 0.05) is 34.2 Å². The molecule has 0 aliphatic rings. The first-order valence-electron chi connectivity index (χ1n) is 8.49. The van der Waals surface area contributed by atoms with Crippen LogP contribution < -0.4 is 5.32 Å². The van der Waals surface area contributed by atoms with Gasteiger partial charge in [0.25, 0.3) is 5.91 Å². The van der Waals surface area contributed by atoms with Crippen LogP contribution in [0.2, 0.25) is 5.02 Å². The molecule has 3 rings (SSSR count). The summed E-state index contributed by atoms with van der Waals surface area (Å²) in [5.41, 5.74) is 4.21. The lowest BCUT2D eigenvalue weighted by Crippen LogP contribution is -2.25. The second kappa shape index (κ2) is 6.93. The minimum absolute atomic E-state index is 0.0432. The summed E-state index contributed by atoms with van der Waals surface area (Å²) in [6.07, 6.45) is 2.73. The van der Waals surface area contributed by atoms with Crippen molar-refractivity contribution in [2.45, 2.75) is 32.6 Å². The number of hydrogen-bond donors (Lipinski definition) is 2. The van der Waals surface area contributed by atoms with Gasteiger partial charge in [-0.1, -0.05) is 44.5 Å². The van der Waals surface area contributed by atoms with Gasteiger partial charge in [0.1, 0.15) is 0 Å². The maximum atomic E-state index is 12.3. The molecule has 0 spiro atoms. The Morgan fingerprint density at radius 2 is 1.84 bits per heavy atom. The van der Waals surface area contributed by atoms with E-state index in [1.807, 2.05) is 48.7 Å². The third-order valence-corrected chi connectivity index (χ3v) is 4.66. The Labute approximate surface area is 153 Å². The largest absolute Gasteiger partial charge is 0.361 e. The molecular weight excluding hydrogens is 332 g/mol. The molecule has 1 aromatic heterocycles. The molecule has 0 unspecified atom stereocenters. The van der Waals surface area contributed by atoms with Crippen LogP contribution in [0.15, 0.2) is 48.7 Å². The number of nitrogens with one attached hydrogen (secondary N) is 2. The number of H-pyrrole nitrogens is 1. The van der Waals surface area contributed by atoms with Gasteiger partial charge in [0.15, 0.2) is 0 Å². The van der Waals surface area contributed by atoms with E-state index in [9.17, 15) is 4.79 Å². The van der Waals surface area contributed by atoms with Crippen molar-refractivity contribution in [1.82, 2.24) is 10.3 Å². The van der Waals surface area contributed by atoms with Crippen molar-refractivity contribution in [2.75, 3.05) is 6.54 Å². The van der Waals surface area contributed by atoms with Crippen molar-refractivity contribution >= 4 is 28.4 Å². The molecule has 1 heterocycles. The van der Waals surface area contributed by atoms with Crippen molar-refractivity contribution in [3.05, 3.63) is 70.4 Å². The second-order valence-electron chi connectivity index (χ2n) is 7.34. The molecule has 0 atom stereocenters. The highest BCUT2D eigenvalue weighted by atomic mass is 35.5. The van der Waals surface area contributed by atoms with E-state index in [1.54, 1.807) is 0 Å². The van der Waals surface area contributed by atoms with Crippen LogP contribution in [0.3, 0.4) is 0 Å². The third kappa shape index (κ3) is 4.05. The molecule has 0 saturated heterocycles. The molecule has 0 radical (unpaired) electrons. The fraction of sp³-hybridized carbons (Fsp3) is 0.286. The predicted octanol–water partition coefficient (Wildman–Crippen LogP) is 5.09. The summed E-state index contributed by atoms with van der Waals surface area (Å²) in [6, 6.07) is 13.6. The lowest BCUT2D eigenvalue weighted by molar-refractivity contribution is 0.0954. The number of fused-ring (bicyclic) bond motifs is 1. The van der Waals surface area contributed by atoms with E-state index in [1.165, 1.54) is 5.56 Å². The summed E-state index contributed by atoms with van der Waals surface area (Å²) >= 11 is 6.07. The van der Waals surface area contributed by atoms with Crippen LogP contribution in [0, 0.1) is 0 Å². The number of hydrogen-bond acceptors (Lipinski definition) is 1. The van der Waals surface area contributed by atoms with Gasteiger partial charge < -0.3 is 10.3 Å². The number of aromatic nitrogens is 1. The molecular formula is C21H23ClN2O. The molecule has 2 N–H and O–H groups in total. The summed E-state index contributed by atoms with van der Waals surface area (Å²) < 4.78 is 0. The lowest BCUT2D eigenvalue weighted by Gasteiger charge is -2.19. The zero-order valence-corrected chi connectivity index (χ0v) is 15.6. The zero-order valence-electron chi connectivity index (χ0n) is 14.8. The van der Waals surface area contributed by atoms with E-state index in [-0.39, 0.29) is 11.3 Å². The highest BCUT2D eigenvalue weighted by Crippen LogP contribution is 2.23. The van der Waals surface area contributed by atoms with Crippen LogP contribution in [-0.2, 0) is 11.8 Å². The van der Waals surface area contributed by atoms with Gasteiger partial charge in [0.05, 0.1) is 0 Å².